The second-order valence-electron chi connectivity index (χ2n) is 3.62. The van der Waals surface area contributed by atoms with Crippen molar-refractivity contribution in [2.45, 2.75) is 12.4 Å². The lowest BCUT2D eigenvalue weighted by molar-refractivity contribution is -0.0329. The Kier molecular flexibility index (Phi) is 6.00. The Hall–Kier alpha value is -1.57. The molecule has 8 heteroatoms. The fourth-order valence-electron chi connectivity index (χ4n) is 1.35. The number of nitrogen functional groups attached to an aromatic ring is 1. The van der Waals surface area contributed by atoms with E-state index in [1.807, 2.05) is 0 Å². The van der Waals surface area contributed by atoms with Gasteiger partial charge in [0.25, 0.3) is 0 Å². The zero-order chi connectivity index (χ0) is 15.2. The summed E-state index contributed by atoms with van der Waals surface area (Å²) in [4.78, 5) is 11.7. The molecule has 0 amide bonds. The molecule has 0 heterocycles. The largest absolute Gasteiger partial charge is 0.492 e. The lowest BCUT2D eigenvalue weighted by atomic mass is 10.2. The molecular weight excluding hydrogens is 295 g/mol. The quantitative estimate of drug-likeness (QED) is 0.497. The van der Waals surface area contributed by atoms with Crippen LogP contribution in [0.3, 0.4) is 0 Å². The van der Waals surface area contributed by atoms with E-state index in [2.05, 4.69) is 0 Å². The van der Waals surface area contributed by atoms with Gasteiger partial charge in [-0.3, -0.25) is 0 Å². The molecule has 0 radical (unpaired) electrons. The lowest BCUT2D eigenvalue weighted by Crippen LogP contribution is -2.11. The Balaban J connectivity index is 2.67. The Bertz CT molecular complexity index is 466. The summed E-state index contributed by atoms with van der Waals surface area (Å²) >= 11 is -0.185. The fraction of sp³-hybridized carbons (Fsp3) is 0.417. The van der Waals surface area contributed by atoms with E-state index in [0.717, 1.165) is 0 Å². The number of ether oxygens (including phenoxy) is 2. The second kappa shape index (κ2) is 7.28. The van der Waals surface area contributed by atoms with Gasteiger partial charge in [-0.1, -0.05) is 0 Å². The number of halogens is 3. The van der Waals surface area contributed by atoms with Crippen LogP contribution >= 0.6 is 11.8 Å². The van der Waals surface area contributed by atoms with Crippen LogP contribution in [0.15, 0.2) is 18.2 Å². The van der Waals surface area contributed by atoms with Gasteiger partial charge in [-0.15, -0.1) is 0 Å². The van der Waals surface area contributed by atoms with Gasteiger partial charge < -0.3 is 15.2 Å². The monoisotopic (exact) mass is 309 g/mol. The van der Waals surface area contributed by atoms with Crippen LogP contribution in [0.1, 0.15) is 17.3 Å². The third kappa shape index (κ3) is 5.60. The van der Waals surface area contributed by atoms with Gasteiger partial charge in [0.15, 0.2) is 0 Å². The average molecular weight is 309 g/mol. The molecule has 0 aliphatic carbocycles. The van der Waals surface area contributed by atoms with Crippen LogP contribution in [-0.2, 0) is 4.74 Å². The summed E-state index contributed by atoms with van der Waals surface area (Å²) in [5, 5.41) is 0. The van der Waals surface area contributed by atoms with E-state index < -0.39 is 11.5 Å². The summed E-state index contributed by atoms with van der Waals surface area (Å²) in [6.07, 6.45) is 0. The van der Waals surface area contributed by atoms with E-state index in [9.17, 15) is 18.0 Å². The molecule has 1 rings (SSSR count). The Labute approximate surface area is 118 Å². The molecule has 0 bridgehead atoms. The number of hydrogen-bond donors (Lipinski definition) is 1. The topological polar surface area (TPSA) is 61.5 Å². The molecule has 1 aromatic carbocycles. The van der Waals surface area contributed by atoms with Gasteiger partial charge in [-0.2, -0.15) is 13.2 Å². The predicted molar refractivity (Wildman–Crippen MR) is 70.8 cm³/mol. The summed E-state index contributed by atoms with van der Waals surface area (Å²) in [5.41, 5.74) is 1.70. The predicted octanol–water partition coefficient (Wildman–Crippen LogP) is 3.08. The molecule has 0 saturated carbocycles. The van der Waals surface area contributed by atoms with Gasteiger partial charge in [0.2, 0.25) is 0 Å². The van der Waals surface area contributed by atoms with Crippen LogP contribution in [0.2, 0.25) is 0 Å². The van der Waals surface area contributed by atoms with Crippen LogP contribution in [0.25, 0.3) is 0 Å². The molecular formula is C12H14F3NO3S. The summed E-state index contributed by atoms with van der Waals surface area (Å²) in [7, 11) is 0. The maximum atomic E-state index is 12.0. The van der Waals surface area contributed by atoms with Gasteiger partial charge in [-0.05, 0) is 36.9 Å². The number of esters is 1. The summed E-state index contributed by atoms with van der Waals surface area (Å²) in [5.74, 6) is -0.741. The summed E-state index contributed by atoms with van der Waals surface area (Å²) < 4.78 is 45.9. The van der Waals surface area contributed by atoms with Crippen LogP contribution in [0, 0.1) is 0 Å². The second-order valence-corrected chi connectivity index (χ2v) is 4.78. The maximum Gasteiger partial charge on any atom is 0.441 e. The van der Waals surface area contributed by atoms with Gasteiger partial charge in [0.05, 0.1) is 13.2 Å². The Morgan fingerprint density at radius 2 is 2.10 bits per heavy atom. The first-order chi connectivity index (χ1) is 9.33. The average Bonchev–Trinajstić information content (AvgIpc) is 2.35. The zero-order valence-corrected chi connectivity index (χ0v) is 11.5. The smallest absolute Gasteiger partial charge is 0.441 e. The number of nitrogens with two attached hydrogens (primary N) is 1. The van der Waals surface area contributed by atoms with Gasteiger partial charge in [0.1, 0.15) is 11.3 Å². The third-order valence-corrected chi connectivity index (χ3v) is 2.80. The highest BCUT2D eigenvalue weighted by Gasteiger charge is 2.27. The third-order valence-electron chi connectivity index (χ3n) is 2.11. The van der Waals surface area contributed by atoms with Gasteiger partial charge in [-0.25, -0.2) is 4.79 Å². The van der Waals surface area contributed by atoms with E-state index >= 15 is 0 Å². The molecule has 0 atom stereocenters. The number of hydrogen-bond acceptors (Lipinski definition) is 5. The number of carbonyl (C=O) groups excluding carboxylic acids is 1. The Morgan fingerprint density at radius 3 is 2.70 bits per heavy atom. The van der Waals surface area contributed by atoms with Crippen molar-refractivity contribution >= 4 is 23.4 Å². The van der Waals surface area contributed by atoms with E-state index in [1.54, 1.807) is 6.92 Å². The van der Waals surface area contributed by atoms with E-state index in [0.29, 0.717) is 5.69 Å². The van der Waals surface area contributed by atoms with Crippen molar-refractivity contribution in [1.82, 2.24) is 0 Å². The lowest BCUT2D eigenvalue weighted by Gasteiger charge is -2.12. The normalized spacial score (nSPS) is 11.2. The molecule has 0 spiro atoms. The minimum absolute atomic E-state index is 0.101. The number of thioether (sulfide) groups is 1. The van der Waals surface area contributed by atoms with Crippen LogP contribution in [0.5, 0.6) is 5.75 Å². The number of rotatable bonds is 6. The minimum atomic E-state index is -4.30. The van der Waals surface area contributed by atoms with Gasteiger partial charge in [0, 0.05) is 11.4 Å². The molecule has 1 aromatic rings. The maximum absolute atomic E-state index is 12.0. The molecule has 4 nitrogen and oxygen atoms in total. The SMILES string of the molecule is CCOC(=O)c1cc(N)ccc1OCCSC(F)(F)F. The molecule has 0 fully saturated rings. The fourth-order valence-corrected chi connectivity index (χ4v) is 1.75. The Morgan fingerprint density at radius 1 is 1.40 bits per heavy atom. The molecule has 0 unspecified atom stereocenters. The first kappa shape index (κ1) is 16.5. The molecule has 0 aliphatic heterocycles. The van der Waals surface area contributed by atoms with Crippen molar-refractivity contribution in [3.05, 3.63) is 23.8 Å². The first-order valence-electron chi connectivity index (χ1n) is 5.73. The molecule has 112 valence electrons. The number of benzene rings is 1. The van der Waals surface area contributed by atoms with Crippen LogP contribution in [-0.4, -0.2) is 30.4 Å². The van der Waals surface area contributed by atoms with Crippen molar-refractivity contribution in [3.8, 4) is 5.75 Å². The molecule has 0 aromatic heterocycles. The van der Waals surface area contributed by atoms with Crippen LogP contribution in [0.4, 0.5) is 18.9 Å². The highest BCUT2D eigenvalue weighted by Crippen LogP contribution is 2.30. The van der Waals surface area contributed by atoms with Crippen molar-refractivity contribution in [1.29, 1.82) is 0 Å². The van der Waals surface area contributed by atoms with Crippen molar-refractivity contribution < 1.29 is 27.4 Å². The highest BCUT2D eigenvalue weighted by atomic mass is 32.2. The minimum Gasteiger partial charge on any atom is -0.492 e. The van der Waals surface area contributed by atoms with E-state index in [-0.39, 0.29) is 42.0 Å². The van der Waals surface area contributed by atoms with Crippen molar-refractivity contribution in [3.63, 3.8) is 0 Å². The molecule has 0 saturated heterocycles. The number of alkyl halides is 3. The molecule has 0 aliphatic rings. The van der Waals surface area contributed by atoms with E-state index in [1.165, 1.54) is 18.2 Å². The number of carbonyl (C=O) groups is 1. The van der Waals surface area contributed by atoms with Crippen LogP contribution < -0.4 is 10.5 Å². The van der Waals surface area contributed by atoms with E-state index in [4.69, 9.17) is 15.2 Å². The standard InChI is InChI=1S/C12H14F3NO3S/c1-2-18-11(17)9-7-8(16)3-4-10(9)19-5-6-20-12(13,14)15/h3-4,7H,2,5-6,16H2,1H3. The molecule has 20 heavy (non-hydrogen) atoms. The summed E-state index contributed by atoms with van der Waals surface area (Å²) in [6.45, 7) is 1.64. The zero-order valence-electron chi connectivity index (χ0n) is 10.7. The highest BCUT2D eigenvalue weighted by molar-refractivity contribution is 8.00. The van der Waals surface area contributed by atoms with Gasteiger partial charge >= 0.3 is 11.5 Å². The van der Waals surface area contributed by atoms with Crippen molar-refractivity contribution in [2.24, 2.45) is 0 Å². The summed E-state index contributed by atoms with van der Waals surface area (Å²) in [6, 6.07) is 4.29. The number of anilines is 1. The van der Waals surface area contributed by atoms with Crippen molar-refractivity contribution in [2.75, 3.05) is 24.7 Å². The molecule has 2 N–H and O–H groups in total. The first-order valence-corrected chi connectivity index (χ1v) is 6.72.